The van der Waals surface area contributed by atoms with Crippen molar-refractivity contribution in [1.82, 2.24) is 15.3 Å². The molecule has 0 spiro atoms. The standard InChI is InChI=1S/C14H14F3N3O2/c1-22-12(9-5-3-2-4-6-9)13(21)19-8-11-18-7-10(20-11)14(15,16)17/h2-7,12H,8H2,1H3,(H,18,20)(H,19,21)/t12-/m1/s1. The summed E-state index contributed by atoms with van der Waals surface area (Å²) in [5.74, 6) is -0.442. The quantitative estimate of drug-likeness (QED) is 0.891. The number of benzene rings is 1. The van der Waals surface area contributed by atoms with Gasteiger partial charge in [-0.15, -0.1) is 0 Å². The van der Waals surface area contributed by atoms with Crippen LogP contribution in [0.5, 0.6) is 0 Å². The molecule has 0 fully saturated rings. The van der Waals surface area contributed by atoms with Gasteiger partial charge in [0, 0.05) is 7.11 Å². The molecule has 0 saturated carbocycles. The number of carbonyl (C=O) groups excluding carboxylic acids is 1. The summed E-state index contributed by atoms with van der Waals surface area (Å²) in [4.78, 5) is 17.7. The number of nitrogens with zero attached hydrogens (tertiary/aromatic N) is 1. The monoisotopic (exact) mass is 313 g/mol. The van der Waals surface area contributed by atoms with Crippen molar-refractivity contribution < 1.29 is 22.7 Å². The number of hydrogen-bond donors (Lipinski definition) is 2. The lowest BCUT2D eigenvalue weighted by atomic mass is 10.1. The molecule has 2 rings (SSSR count). The zero-order valence-electron chi connectivity index (χ0n) is 11.6. The highest BCUT2D eigenvalue weighted by molar-refractivity contribution is 5.82. The van der Waals surface area contributed by atoms with Gasteiger partial charge in [0.05, 0.1) is 12.7 Å². The highest BCUT2D eigenvalue weighted by atomic mass is 19.4. The number of rotatable bonds is 5. The van der Waals surface area contributed by atoms with Gasteiger partial charge in [-0.25, -0.2) is 4.98 Å². The number of aromatic amines is 1. The number of imidazole rings is 1. The van der Waals surface area contributed by atoms with E-state index in [0.717, 1.165) is 0 Å². The van der Waals surface area contributed by atoms with Crippen LogP contribution in [0.25, 0.3) is 0 Å². The maximum atomic E-state index is 12.4. The van der Waals surface area contributed by atoms with Crippen molar-refractivity contribution in [3.05, 3.63) is 53.6 Å². The summed E-state index contributed by atoms with van der Waals surface area (Å²) in [5, 5.41) is 2.49. The van der Waals surface area contributed by atoms with E-state index in [1.54, 1.807) is 30.3 Å². The Kier molecular flexibility index (Phi) is 4.81. The van der Waals surface area contributed by atoms with Crippen LogP contribution in [0.4, 0.5) is 13.2 Å². The molecule has 8 heteroatoms. The first-order chi connectivity index (χ1) is 10.4. The summed E-state index contributed by atoms with van der Waals surface area (Å²) in [6, 6.07) is 8.77. The molecular formula is C14H14F3N3O2. The first-order valence-corrected chi connectivity index (χ1v) is 6.38. The Balaban J connectivity index is 1.98. The Hall–Kier alpha value is -2.35. The SMILES string of the molecule is CO[C@@H](C(=O)NCc1ncc(C(F)(F)F)[nH]1)c1ccccc1. The van der Waals surface area contributed by atoms with Gasteiger partial charge in [-0.05, 0) is 5.56 Å². The van der Waals surface area contributed by atoms with Crippen LogP contribution < -0.4 is 5.32 Å². The van der Waals surface area contributed by atoms with Gasteiger partial charge in [-0.1, -0.05) is 30.3 Å². The Morgan fingerprint density at radius 1 is 1.36 bits per heavy atom. The summed E-state index contributed by atoms with van der Waals surface area (Å²) in [6.45, 7) is -0.151. The van der Waals surface area contributed by atoms with E-state index in [1.807, 2.05) is 0 Å². The van der Waals surface area contributed by atoms with E-state index in [9.17, 15) is 18.0 Å². The third-order valence-corrected chi connectivity index (χ3v) is 2.94. The number of aromatic nitrogens is 2. The number of hydrogen-bond acceptors (Lipinski definition) is 3. The molecule has 0 aliphatic carbocycles. The predicted molar refractivity (Wildman–Crippen MR) is 71.6 cm³/mol. The van der Waals surface area contributed by atoms with Gasteiger partial charge in [0.25, 0.3) is 5.91 Å². The normalized spacial score (nSPS) is 12.9. The first-order valence-electron chi connectivity index (χ1n) is 6.38. The number of ether oxygens (including phenoxy) is 1. The van der Waals surface area contributed by atoms with Crippen molar-refractivity contribution in [2.45, 2.75) is 18.8 Å². The lowest BCUT2D eigenvalue weighted by Gasteiger charge is -2.15. The molecule has 1 amide bonds. The summed E-state index contributed by atoms with van der Waals surface area (Å²) in [5.41, 5.74) is -0.305. The maximum absolute atomic E-state index is 12.4. The Bertz CT molecular complexity index is 626. The van der Waals surface area contributed by atoms with Crippen molar-refractivity contribution in [2.24, 2.45) is 0 Å². The fraction of sp³-hybridized carbons (Fsp3) is 0.286. The van der Waals surface area contributed by atoms with Gasteiger partial charge in [-0.2, -0.15) is 13.2 Å². The molecule has 22 heavy (non-hydrogen) atoms. The van der Waals surface area contributed by atoms with Gasteiger partial charge in [0.1, 0.15) is 11.5 Å². The number of nitrogens with one attached hydrogen (secondary N) is 2. The summed E-state index contributed by atoms with van der Waals surface area (Å²) >= 11 is 0. The predicted octanol–water partition coefficient (Wildman–Crippen LogP) is 2.43. The molecule has 0 aliphatic heterocycles. The molecule has 0 saturated heterocycles. The molecule has 0 aliphatic rings. The van der Waals surface area contributed by atoms with Crippen LogP contribution in [0.1, 0.15) is 23.2 Å². The van der Waals surface area contributed by atoms with E-state index in [0.29, 0.717) is 11.8 Å². The molecule has 2 aromatic rings. The summed E-state index contributed by atoms with van der Waals surface area (Å²) in [6.07, 6.45) is -4.64. The van der Waals surface area contributed by atoms with E-state index in [4.69, 9.17) is 4.74 Å². The lowest BCUT2D eigenvalue weighted by molar-refractivity contribution is -0.140. The second-order valence-electron chi connectivity index (χ2n) is 4.49. The first kappa shape index (κ1) is 16.0. The minimum absolute atomic E-state index is 0.0172. The number of methoxy groups -OCH3 is 1. The van der Waals surface area contributed by atoms with Crippen molar-refractivity contribution in [2.75, 3.05) is 7.11 Å². The van der Waals surface area contributed by atoms with E-state index in [1.165, 1.54) is 7.11 Å². The van der Waals surface area contributed by atoms with Crippen molar-refractivity contribution in [3.8, 4) is 0 Å². The fourth-order valence-corrected chi connectivity index (χ4v) is 1.88. The topological polar surface area (TPSA) is 67.0 Å². The van der Waals surface area contributed by atoms with Crippen LogP contribution >= 0.6 is 0 Å². The average Bonchev–Trinajstić information content (AvgIpc) is 2.96. The molecule has 1 aromatic carbocycles. The van der Waals surface area contributed by atoms with E-state index >= 15 is 0 Å². The zero-order valence-corrected chi connectivity index (χ0v) is 11.6. The molecule has 1 atom stereocenters. The zero-order chi connectivity index (χ0) is 16.2. The molecule has 0 bridgehead atoms. The molecule has 1 aromatic heterocycles. The second kappa shape index (κ2) is 6.61. The molecule has 0 unspecified atom stereocenters. The molecule has 1 heterocycles. The summed E-state index contributed by atoms with van der Waals surface area (Å²) in [7, 11) is 1.38. The van der Waals surface area contributed by atoms with Crippen LogP contribution in [0, 0.1) is 0 Å². The number of H-pyrrole nitrogens is 1. The van der Waals surface area contributed by atoms with Gasteiger partial charge in [-0.3, -0.25) is 4.79 Å². The number of carbonyl (C=O) groups is 1. The molecule has 0 radical (unpaired) electrons. The number of amides is 1. The Morgan fingerprint density at radius 2 is 2.05 bits per heavy atom. The third kappa shape index (κ3) is 3.85. The van der Waals surface area contributed by atoms with Crippen LogP contribution in [-0.4, -0.2) is 23.0 Å². The van der Waals surface area contributed by atoms with Crippen LogP contribution in [0.15, 0.2) is 36.5 Å². The highest BCUT2D eigenvalue weighted by Gasteiger charge is 2.33. The van der Waals surface area contributed by atoms with Crippen LogP contribution in [0.2, 0.25) is 0 Å². The Labute approximate surface area is 124 Å². The fourth-order valence-electron chi connectivity index (χ4n) is 1.88. The minimum atomic E-state index is -4.49. The summed E-state index contributed by atoms with van der Waals surface area (Å²) < 4.78 is 42.4. The molecular weight excluding hydrogens is 299 g/mol. The van der Waals surface area contributed by atoms with Gasteiger partial charge >= 0.3 is 6.18 Å². The largest absolute Gasteiger partial charge is 0.432 e. The molecule has 118 valence electrons. The van der Waals surface area contributed by atoms with E-state index in [2.05, 4.69) is 15.3 Å². The molecule has 2 N–H and O–H groups in total. The minimum Gasteiger partial charge on any atom is -0.367 e. The smallest absolute Gasteiger partial charge is 0.367 e. The van der Waals surface area contributed by atoms with Crippen molar-refractivity contribution >= 4 is 5.91 Å². The van der Waals surface area contributed by atoms with Gasteiger partial charge in [0.15, 0.2) is 6.10 Å². The third-order valence-electron chi connectivity index (χ3n) is 2.94. The van der Waals surface area contributed by atoms with Crippen LogP contribution in [-0.2, 0) is 22.3 Å². The van der Waals surface area contributed by atoms with Gasteiger partial charge in [0.2, 0.25) is 0 Å². The second-order valence-corrected chi connectivity index (χ2v) is 4.49. The number of alkyl halides is 3. The van der Waals surface area contributed by atoms with Crippen molar-refractivity contribution in [3.63, 3.8) is 0 Å². The van der Waals surface area contributed by atoms with Crippen molar-refractivity contribution in [1.29, 1.82) is 0 Å². The van der Waals surface area contributed by atoms with Gasteiger partial charge < -0.3 is 15.0 Å². The average molecular weight is 313 g/mol. The highest BCUT2D eigenvalue weighted by Crippen LogP contribution is 2.27. The van der Waals surface area contributed by atoms with E-state index < -0.39 is 23.9 Å². The maximum Gasteiger partial charge on any atom is 0.432 e. The number of halogens is 3. The Morgan fingerprint density at radius 3 is 2.59 bits per heavy atom. The van der Waals surface area contributed by atoms with E-state index in [-0.39, 0.29) is 12.4 Å². The lowest BCUT2D eigenvalue weighted by Crippen LogP contribution is -2.30. The van der Waals surface area contributed by atoms with Crippen LogP contribution in [0.3, 0.4) is 0 Å². The molecule has 5 nitrogen and oxygen atoms in total.